The molecular formula is C40H77NO3. The number of ketones is 1. The van der Waals surface area contributed by atoms with Gasteiger partial charge in [-0.05, 0) is 64.1 Å². The van der Waals surface area contributed by atoms with Crippen LogP contribution < -0.4 is 0 Å². The van der Waals surface area contributed by atoms with Gasteiger partial charge in [0.2, 0.25) is 0 Å². The summed E-state index contributed by atoms with van der Waals surface area (Å²) in [6.07, 6.45) is 34.0. The first-order valence-electron chi connectivity index (χ1n) is 19.9. The summed E-state index contributed by atoms with van der Waals surface area (Å²) in [5.41, 5.74) is 0. The summed E-state index contributed by atoms with van der Waals surface area (Å²) in [7, 11) is 2.18. The standard InChI is InChI=1S/C40H77NO3/c1-5-8-11-13-14-15-18-22-26-36(34-39(42)38-30-32-41(4)33-31-38)27-23-19-16-17-20-24-29-40(43)44-35-37(25-10-7-3)28-21-12-9-6-2/h36-38H,5-35H2,1-4H3. The second kappa shape index (κ2) is 29.5. The van der Waals surface area contributed by atoms with E-state index in [9.17, 15) is 9.59 Å². The van der Waals surface area contributed by atoms with E-state index >= 15 is 0 Å². The Morgan fingerprint density at radius 2 is 1.02 bits per heavy atom. The van der Waals surface area contributed by atoms with Crippen LogP contribution in [0.3, 0.4) is 0 Å². The maximum absolute atomic E-state index is 13.2. The van der Waals surface area contributed by atoms with Gasteiger partial charge in [0, 0.05) is 18.8 Å². The van der Waals surface area contributed by atoms with Crippen molar-refractivity contribution in [2.24, 2.45) is 17.8 Å². The third-order valence-corrected chi connectivity index (χ3v) is 10.3. The Morgan fingerprint density at radius 3 is 1.57 bits per heavy atom. The molecule has 0 aromatic rings. The molecule has 0 bridgehead atoms. The van der Waals surface area contributed by atoms with Crippen LogP contribution in [0, 0.1) is 17.8 Å². The third-order valence-electron chi connectivity index (χ3n) is 10.3. The van der Waals surface area contributed by atoms with Gasteiger partial charge in [0.15, 0.2) is 0 Å². The quantitative estimate of drug-likeness (QED) is 0.0572. The van der Waals surface area contributed by atoms with Crippen molar-refractivity contribution in [2.45, 2.75) is 201 Å². The maximum atomic E-state index is 13.2. The summed E-state index contributed by atoms with van der Waals surface area (Å²) in [4.78, 5) is 27.9. The van der Waals surface area contributed by atoms with Gasteiger partial charge < -0.3 is 9.64 Å². The molecule has 0 amide bonds. The Hall–Kier alpha value is -0.900. The van der Waals surface area contributed by atoms with E-state index in [2.05, 4.69) is 32.7 Å². The van der Waals surface area contributed by atoms with Gasteiger partial charge in [0.1, 0.15) is 5.78 Å². The summed E-state index contributed by atoms with van der Waals surface area (Å²) in [5.74, 6) is 2.02. The van der Waals surface area contributed by atoms with Crippen LogP contribution in [0.4, 0.5) is 0 Å². The molecule has 1 rings (SSSR count). The van der Waals surface area contributed by atoms with Crippen molar-refractivity contribution in [3.05, 3.63) is 0 Å². The van der Waals surface area contributed by atoms with Gasteiger partial charge in [-0.1, -0.05) is 156 Å². The monoisotopic (exact) mass is 620 g/mol. The lowest BCUT2D eigenvalue weighted by Crippen LogP contribution is -2.34. The molecule has 2 unspecified atom stereocenters. The van der Waals surface area contributed by atoms with Gasteiger partial charge in [0.05, 0.1) is 6.61 Å². The van der Waals surface area contributed by atoms with Gasteiger partial charge in [-0.25, -0.2) is 0 Å². The molecule has 1 saturated heterocycles. The highest BCUT2D eigenvalue weighted by molar-refractivity contribution is 5.81. The summed E-state index contributed by atoms with van der Waals surface area (Å²) in [6.45, 7) is 9.57. The molecule has 1 aliphatic rings. The molecule has 0 radical (unpaired) electrons. The van der Waals surface area contributed by atoms with Crippen molar-refractivity contribution < 1.29 is 14.3 Å². The fraction of sp³-hybridized carbons (Fsp3) is 0.950. The molecule has 4 nitrogen and oxygen atoms in total. The largest absolute Gasteiger partial charge is 0.465 e. The molecule has 44 heavy (non-hydrogen) atoms. The first kappa shape index (κ1) is 41.1. The lowest BCUT2D eigenvalue weighted by Gasteiger charge is -2.29. The Bertz CT molecular complexity index is 657. The van der Waals surface area contributed by atoms with Crippen LogP contribution in [0.5, 0.6) is 0 Å². The van der Waals surface area contributed by atoms with Gasteiger partial charge >= 0.3 is 5.97 Å². The van der Waals surface area contributed by atoms with E-state index in [0.29, 0.717) is 36.6 Å². The number of nitrogens with zero attached hydrogens (tertiary/aromatic N) is 1. The van der Waals surface area contributed by atoms with Crippen molar-refractivity contribution in [3.8, 4) is 0 Å². The number of hydrogen-bond donors (Lipinski definition) is 0. The zero-order chi connectivity index (χ0) is 32.1. The number of rotatable bonds is 31. The van der Waals surface area contributed by atoms with Crippen LogP contribution in [-0.2, 0) is 14.3 Å². The molecular weight excluding hydrogens is 542 g/mol. The van der Waals surface area contributed by atoms with Crippen molar-refractivity contribution in [3.63, 3.8) is 0 Å². The normalized spacial score (nSPS) is 15.8. The summed E-state index contributed by atoms with van der Waals surface area (Å²) < 4.78 is 5.71. The zero-order valence-corrected chi connectivity index (χ0v) is 30.3. The van der Waals surface area contributed by atoms with E-state index in [0.717, 1.165) is 45.2 Å². The van der Waals surface area contributed by atoms with E-state index in [1.807, 2.05) is 0 Å². The minimum absolute atomic E-state index is 0.0122. The predicted molar refractivity (Wildman–Crippen MR) is 190 cm³/mol. The van der Waals surface area contributed by atoms with Crippen LogP contribution in [0.15, 0.2) is 0 Å². The summed E-state index contributed by atoms with van der Waals surface area (Å²) >= 11 is 0. The number of hydrogen-bond acceptors (Lipinski definition) is 4. The molecule has 0 aliphatic carbocycles. The van der Waals surface area contributed by atoms with Crippen LogP contribution in [0.25, 0.3) is 0 Å². The maximum Gasteiger partial charge on any atom is 0.305 e. The smallest absolute Gasteiger partial charge is 0.305 e. The minimum atomic E-state index is 0.0122. The number of piperidine rings is 1. The van der Waals surface area contributed by atoms with E-state index in [4.69, 9.17) is 4.74 Å². The highest BCUT2D eigenvalue weighted by atomic mass is 16.5. The lowest BCUT2D eigenvalue weighted by molar-refractivity contribution is -0.145. The van der Waals surface area contributed by atoms with Crippen molar-refractivity contribution in [2.75, 3.05) is 26.7 Å². The molecule has 1 fully saturated rings. The van der Waals surface area contributed by atoms with Crippen molar-refractivity contribution in [1.29, 1.82) is 0 Å². The number of carbonyl (C=O) groups is 2. The summed E-state index contributed by atoms with van der Waals surface area (Å²) in [5, 5.41) is 0. The fourth-order valence-electron chi connectivity index (χ4n) is 7.05. The Kier molecular flexibility index (Phi) is 27.6. The molecule has 4 heteroatoms. The summed E-state index contributed by atoms with van der Waals surface area (Å²) in [6, 6.07) is 0. The van der Waals surface area contributed by atoms with Gasteiger partial charge in [0.25, 0.3) is 0 Å². The van der Waals surface area contributed by atoms with Crippen LogP contribution >= 0.6 is 0 Å². The predicted octanol–water partition coefficient (Wildman–Crippen LogP) is 11.9. The van der Waals surface area contributed by atoms with Gasteiger partial charge in [-0.15, -0.1) is 0 Å². The number of carbonyl (C=O) groups excluding carboxylic acids is 2. The number of ether oxygens (including phenoxy) is 1. The molecule has 1 aliphatic heterocycles. The molecule has 0 spiro atoms. The molecule has 0 aromatic carbocycles. The van der Waals surface area contributed by atoms with Crippen molar-refractivity contribution in [1.82, 2.24) is 4.90 Å². The second-order valence-electron chi connectivity index (χ2n) is 14.6. The fourth-order valence-corrected chi connectivity index (χ4v) is 7.05. The average molecular weight is 620 g/mol. The van der Waals surface area contributed by atoms with Gasteiger partial charge in [-0.2, -0.15) is 0 Å². The van der Waals surface area contributed by atoms with Crippen LogP contribution in [-0.4, -0.2) is 43.4 Å². The highest BCUT2D eigenvalue weighted by Crippen LogP contribution is 2.27. The SMILES string of the molecule is CCCCCCCCCCC(CCCCCCCCC(=O)OCC(CCCC)CCCCCC)CC(=O)C1CCN(C)CC1. The van der Waals surface area contributed by atoms with E-state index in [1.165, 1.54) is 141 Å². The molecule has 260 valence electrons. The molecule has 0 saturated carbocycles. The van der Waals surface area contributed by atoms with Crippen LogP contribution in [0.1, 0.15) is 201 Å². The number of likely N-dealkylation sites (tertiary alicyclic amines) is 1. The topological polar surface area (TPSA) is 46.6 Å². The van der Waals surface area contributed by atoms with E-state index in [1.54, 1.807) is 0 Å². The lowest BCUT2D eigenvalue weighted by atomic mass is 9.84. The Balaban J connectivity index is 2.23. The molecule has 0 aromatic heterocycles. The second-order valence-corrected chi connectivity index (χ2v) is 14.6. The molecule has 0 N–H and O–H groups in total. The number of unbranched alkanes of at least 4 members (excludes halogenated alkanes) is 16. The zero-order valence-electron chi connectivity index (χ0n) is 30.3. The first-order chi connectivity index (χ1) is 21.5. The first-order valence-corrected chi connectivity index (χ1v) is 19.9. The van der Waals surface area contributed by atoms with Crippen molar-refractivity contribution >= 4 is 11.8 Å². The minimum Gasteiger partial charge on any atom is -0.465 e. The average Bonchev–Trinajstić information content (AvgIpc) is 3.02. The highest BCUT2D eigenvalue weighted by Gasteiger charge is 2.25. The molecule has 2 atom stereocenters. The molecule has 1 heterocycles. The van der Waals surface area contributed by atoms with E-state index < -0.39 is 0 Å². The Labute approximate surface area is 275 Å². The number of Topliss-reactive ketones (excluding diaryl/α,β-unsaturated/α-hetero) is 1. The number of esters is 1. The van der Waals surface area contributed by atoms with E-state index in [-0.39, 0.29) is 5.97 Å². The van der Waals surface area contributed by atoms with Crippen LogP contribution in [0.2, 0.25) is 0 Å². The Morgan fingerprint density at radius 1 is 0.591 bits per heavy atom. The van der Waals surface area contributed by atoms with Gasteiger partial charge in [-0.3, -0.25) is 9.59 Å². The third kappa shape index (κ3) is 23.4.